The summed E-state index contributed by atoms with van der Waals surface area (Å²) in [6.45, 7) is 6.28. The van der Waals surface area contributed by atoms with Gasteiger partial charge in [0.25, 0.3) is 0 Å². The molecule has 0 unspecified atom stereocenters. The fourth-order valence-corrected chi connectivity index (χ4v) is 2.82. The number of benzene rings is 2. The Morgan fingerprint density at radius 1 is 1.04 bits per heavy atom. The first-order valence-electron chi connectivity index (χ1n) is 7.90. The van der Waals surface area contributed by atoms with Crippen LogP contribution in [0, 0.1) is 12.7 Å². The van der Waals surface area contributed by atoms with Gasteiger partial charge in [-0.1, -0.05) is 26.0 Å². The lowest BCUT2D eigenvalue weighted by Gasteiger charge is -2.35. The Kier molecular flexibility index (Phi) is 4.11. The topological polar surface area (TPSA) is 18.5 Å². The summed E-state index contributed by atoms with van der Waals surface area (Å²) >= 11 is 0. The Morgan fingerprint density at radius 3 is 2.43 bits per heavy atom. The summed E-state index contributed by atoms with van der Waals surface area (Å²) in [7, 11) is 0. The van der Waals surface area contributed by atoms with Crippen molar-refractivity contribution in [3.63, 3.8) is 0 Å². The molecule has 0 atom stereocenters. The summed E-state index contributed by atoms with van der Waals surface area (Å²) in [4.78, 5) is 0. The van der Waals surface area contributed by atoms with Crippen LogP contribution < -0.4 is 4.74 Å². The van der Waals surface area contributed by atoms with Crippen molar-refractivity contribution >= 4 is 0 Å². The van der Waals surface area contributed by atoms with Gasteiger partial charge in [0, 0.05) is 5.56 Å². The van der Waals surface area contributed by atoms with Crippen molar-refractivity contribution in [2.75, 3.05) is 13.2 Å². The van der Waals surface area contributed by atoms with Gasteiger partial charge in [-0.25, -0.2) is 8.78 Å². The van der Waals surface area contributed by atoms with Gasteiger partial charge in [0.1, 0.15) is 18.2 Å². The van der Waals surface area contributed by atoms with Crippen LogP contribution in [0.5, 0.6) is 5.75 Å². The Morgan fingerprint density at radius 2 is 1.78 bits per heavy atom. The maximum absolute atomic E-state index is 14.5. The van der Waals surface area contributed by atoms with Crippen LogP contribution in [0.1, 0.15) is 30.5 Å². The minimum absolute atomic E-state index is 0.0808. The van der Waals surface area contributed by atoms with Crippen LogP contribution in [0.25, 0.3) is 11.1 Å². The number of halogens is 2. The van der Waals surface area contributed by atoms with Crippen LogP contribution >= 0.6 is 0 Å². The predicted molar refractivity (Wildman–Crippen MR) is 85.9 cm³/mol. The second-order valence-corrected chi connectivity index (χ2v) is 5.72. The molecule has 2 aliphatic heterocycles. The number of hydrogen-bond acceptors (Lipinski definition) is 2. The molecule has 2 aromatic rings. The fourth-order valence-electron chi connectivity index (χ4n) is 2.82. The Labute approximate surface area is 135 Å². The van der Waals surface area contributed by atoms with E-state index < -0.39 is 5.67 Å². The summed E-state index contributed by atoms with van der Waals surface area (Å²) in [5, 5.41) is 0. The summed E-state index contributed by atoms with van der Waals surface area (Å²) < 4.78 is 39.0. The van der Waals surface area contributed by atoms with Crippen LogP contribution in [0.15, 0.2) is 30.3 Å². The van der Waals surface area contributed by atoms with Gasteiger partial charge in [-0.15, -0.1) is 0 Å². The second kappa shape index (κ2) is 5.93. The zero-order chi connectivity index (χ0) is 16.6. The molecule has 1 fully saturated rings. The third-order valence-corrected chi connectivity index (χ3v) is 4.22. The van der Waals surface area contributed by atoms with Crippen molar-refractivity contribution in [1.82, 2.24) is 0 Å². The smallest absolute Gasteiger partial charge is 0.182 e. The molecular weight excluding hydrogens is 298 g/mol. The molecule has 0 aromatic heterocycles. The van der Waals surface area contributed by atoms with Crippen molar-refractivity contribution in [1.29, 1.82) is 0 Å². The zero-order valence-electron chi connectivity index (χ0n) is 13.6. The molecule has 2 aliphatic rings. The van der Waals surface area contributed by atoms with E-state index in [1.54, 1.807) is 25.1 Å². The van der Waals surface area contributed by atoms with E-state index in [9.17, 15) is 8.78 Å². The summed E-state index contributed by atoms with van der Waals surface area (Å²) in [5.41, 5.74) is 2.18. The fraction of sp³-hybridized carbons (Fsp3) is 0.368. The first kappa shape index (κ1) is 15.9. The molecule has 0 bridgehead atoms. The number of fused-ring (bicyclic) bond motifs is 3. The quantitative estimate of drug-likeness (QED) is 0.743. The second-order valence-electron chi connectivity index (χ2n) is 5.72. The molecule has 0 spiro atoms. The van der Waals surface area contributed by atoms with Crippen LogP contribution in [0.4, 0.5) is 8.78 Å². The van der Waals surface area contributed by atoms with Crippen molar-refractivity contribution in [2.24, 2.45) is 0 Å². The van der Waals surface area contributed by atoms with E-state index in [0.717, 1.165) is 11.1 Å². The van der Waals surface area contributed by atoms with E-state index in [0.29, 0.717) is 29.0 Å². The molecule has 23 heavy (non-hydrogen) atoms. The molecule has 4 heteroatoms. The van der Waals surface area contributed by atoms with Crippen molar-refractivity contribution in [3.05, 3.63) is 52.8 Å². The van der Waals surface area contributed by atoms with Gasteiger partial charge in [0.05, 0.1) is 13.2 Å². The minimum atomic E-state index is -1.42. The number of aryl methyl sites for hydroxylation is 1. The Hall–Kier alpha value is -1.94. The Balaban J connectivity index is 0.000000753. The van der Waals surface area contributed by atoms with Crippen LogP contribution in [0.2, 0.25) is 0 Å². The minimum Gasteiger partial charge on any atom is -0.488 e. The lowest BCUT2D eigenvalue weighted by Crippen LogP contribution is -2.42. The highest BCUT2D eigenvalue weighted by Crippen LogP contribution is 2.42. The molecule has 2 heterocycles. The maximum atomic E-state index is 14.5. The number of ether oxygens (including phenoxy) is 2. The average molecular weight is 318 g/mol. The molecule has 0 aliphatic carbocycles. The highest BCUT2D eigenvalue weighted by Gasteiger charge is 2.41. The monoisotopic (exact) mass is 318 g/mol. The average Bonchev–Trinajstić information content (AvgIpc) is 2.55. The molecule has 2 nitrogen and oxygen atoms in total. The van der Waals surface area contributed by atoms with Gasteiger partial charge in [0.2, 0.25) is 0 Å². The van der Waals surface area contributed by atoms with Crippen LogP contribution in [-0.4, -0.2) is 13.2 Å². The highest BCUT2D eigenvalue weighted by atomic mass is 19.1. The lowest BCUT2D eigenvalue weighted by molar-refractivity contribution is -0.135. The molecule has 0 saturated carbocycles. The molecule has 0 radical (unpaired) electrons. The number of alkyl halides is 1. The van der Waals surface area contributed by atoms with Crippen LogP contribution in [0.3, 0.4) is 0 Å². The van der Waals surface area contributed by atoms with Gasteiger partial charge in [-0.2, -0.15) is 0 Å². The van der Waals surface area contributed by atoms with Crippen LogP contribution in [-0.2, 0) is 17.0 Å². The largest absolute Gasteiger partial charge is 0.488 e. The summed E-state index contributed by atoms with van der Waals surface area (Å²) in [6, 6.07) is 8.58. The van der Waals surface area contributed by atoms with Gasteiger partial charge in [0.15, 0.2) is 5.67 Å². The van der Waals surface area contributed by atoms with Gasteiger partial charge >= 0.3 is 0 Å². The summed E-state index contributed by atoms with van der Waals surface area (Å²) in [6.07, 6.45) is 0. The van der Waals surface area contributed by atoms with Gasteiger partial charge in [-0.3, -0.25) is 0 Å². The SMILES string of the molecule is CC.Cc1cc2c(cc1F)-c1cc(C3(F)COC3)ccc1CO2. The van der Waals surface area contributed by atoms with Crippen molar-refractivity contribution < 1.29 is 18.3 Å². The molecular formula is C19H20F2O2. The molecule has 1 saturated heterocycles. The Bertz CT molecular complexity index is 736. The first-order valence-corrected chi connectivity index (χ1v) is 7.90. The molecule has 122 valence electrons. The molecule has 2 aromatic carbocycles. The van der Waals surface area contributed by atoms with E-state index in [-0.39, 0.29) is 19.0 Å². The van der Waals surface area contributed by atoms with E-state index in [1.165, 1.54) is 6.07 Å². The normalized spacial score (nSPS) is 16.9. The van der Waals surface area contributed by atoms with E-state index >= 15 is 0 Å². The first-order chi connectivity index (χ1) is 11.1. The van der Waals surface area contributed by atoms with Gasteiger partial charge in [-0.05, 0) is 47.4 Å². The van der Waals surface area contributed by atoms with E-state index in [4.69, 9.17) is 9.47 Å². The van der Waals surface area contributed by atoms with E-state index in [2.05, 4.69) is 0 Å². The standard InChI is InChI=1S/C17H14F2O2.C2H6/c1-10-4-16-14(6-15(10)18)13-5-12(17(19)8-20-9-17)3-2-11(13)7-21-16;1-2/h2-6H,7-9H2,1H3;1-2H3. The zero-order valence-corrected chi connectivity index (χ0v) is 13.6. The summed E-state index contributed by atoms with van der Waals surface area (Å²) in [5.74, 6) is 0.369. The highest BCUT2D eigenvalue weighted by molar-refractivity contribution is 5.76. The van der Waals surface area contributed by atoms with Gasteiger partial charge < -0.3 is 9.47 Å². The third kappa shape index (κ3) is 2.61. The van der Waals surface area contributed by atoms with E-state index in [1.807, 2.05) is 19.9 Å². The number of hydrogen-bond donors (Lipinski definition) is 0. The van der Waals surface area contributed by atoms with Crippen molar-refractivity contribution in [3.8, 4) is 16.9 Å². The molecule has 4 rings (SSSR count). The molecule has 0 N–H and O–H groups in total. The van der Waals surface area contributed by atoms with Crippen molar-refractivity contribution in [2.45, 2.75) is 33.0 Å². The lowest BCUT2D eigenvalue weighted by atomic mass is 9.88. The predicted octanol–water partition coefficient (Wildman–Crippen LogP) is 4.91. The number of rotatable bonds is 1. The maximum Gasteiger partial charge on any atom is 0.182 e. The third-order valence-electron chi connectivity index (χ3n) is 4.22. The molecule has 0 amide bonds.